The van der Waals surface area contributed by atoms with Crippen molar-refractivity contribution < 1.29 is 4.57 Å². The third kappa shape index (κ3) is 2.40. The summed E-state index contributed by atoms with van der Waals surface area (Å²) in [4.78, 5) is 3.34. The van der Waals surface area contributed by atoms with Crippen LogP contribution >= 0.6 is 0 Å². The molecule has 0 aliphatic carbocycles. The average Bonchev–Trinajstić information content (AvgIpc) is 2.72. The van der Waals surface area contributed by atoms with Crippen molar-refractivity contribution in [2.75, 3.05) is 0 Å². The van der Waals surface area contributed by atoms with Crippen LogP contribution in [0.4, 0.5) is 11.4 Å². The highest BCUT2D eigenvalue weighted by molar-refractivity contribution is 6.10. The lowest BCUT2D eigenvalue weighted by atomic mass is 9.98. The number of diazo groups is 1. The zero-order valence-electron chi connectivity index (χ0n) is 14.3. The van der Waals surface area contributed by atoms with Crippen molar-refractivity contribution >= 4 is 33.1 Å². The van der Waals surface area contributed by atoms with E-state index in [-0.39, 0.29) is 0 Å². The Labute approximate surface area is 150 Å². The SMILES string of the molecule is CC[n+]1c(-c2ccccc2)c2cc(N=[N-])ccc2c2ccc([N+]#N)cc21. The molecule has 1 aromatic heterocycles. The van der Waals surface area contributed by atoms with E-state index in [2.05, 4.69) is 33.7 Å². The smallest absolute Gasteiger partial charge is 0.391 e. The molecule has 5 nitrogen and oxygen atoms in total. The van der Waals surface area contributed by atoms with Crippen LogP contribution in [-0.4, -0.2) is 0 Å². The standard InChI is InChI=1S/C21H16N5/c1-2-26-20-13-16(25-23)9-11-18(20)17-10-8-15(24-22)12-19(17)21(26)14-6-4-3-5-7-14/h3-13H,2H2,1H3/q+1. The summed E-state index contributed by atoms with van der Waals surface area (Å²) in [6, 6.07) is 21.4. The molecule has 0 N–H and O–H groups in total. The number of hydrogen-bond acceptors (Lipinski definition) is 2. The van der Waals surface area contributed by atoms with E-state index in [0.717, 1.165) is 39.5 Å². The molecule has 1 heterocycles. The summed E-state index contributed by atoms with van der Waals surface area (Å²) >= 11 is 0. The Bertz CT molecular complexity index is 1190. The van der Waals surface area contributed by atoms with Gasteiger partial charge in [0.2, 0.25) is 16.6 Å². The van der Waals surface area contributed by atoms with Crippen LogP contribution in [0.5, 0.6) is 0 Å². The second-order valence-corrected chi connectivity index (χ2v) is 6.09. The van der Waals surface area contributed by atoms with Crippen LogP contribution < -0.4 is 4.57 Å². The van der Waals surface area contributed by atoms with Crippen LogP contribution in [0.15, 0.2) is 71.8 Å². The van der Waals surface area contributed by atoms with Gasteiger partial charge in [-0.2, -0.15) is 4.57 Å². The first-order valence-electron chi connectivity index (χ1n) is 8.45. The number of fused-ring (bicyclic) bond motifs is 3. The number of hydrogen-bond donors (Lipinski definition) is 0. The Kier molecular flexibility index (Phi) is 3.86. The fourth-order valence-electron chi connectivity index (χ4n) is 3.56. The molecule has 26 heavy (non-hydrogen) atoms. The molecule has 3 aromatic carbocycles. The zero-order chi connectivity index (χ0) is 18.1. The Balaban J connectivity index is 2.27. The molecule has 0 spiro atoms. The maximum atomic E-state index is 9.24. The van der Waals surface area contributed by atoms with E-state index in [0.29, 0.717) is 11.4 Å². The first kappa shape index (κ1) is 15.9. The average molecular weight is 338 g/mol. The van der Waals surface area contributed by atoms with Crippen LogP contribution in [0.3, 0.4) is 0 Å². The third-order valence-corrected chi connectivity index (χ3v) is 4.68. The molecule has 5 heteroatoms. The van der Waals surface area contributed by atoms with Crippen LogP contribution in [0.2, 0.25) is 0 Å². The van der Waals surface area contributed by atoms with Crippen molar-refractivity contribution in [3.05, 3.63) is 77.2 Å². The van der Waals surface area contributed by atoms with E-state index in [1.54, 1.807) is 12.1 Å². The van der Waals surface area contributed by atoms with Gasteiger partial charge in [0.1, 0.15) is 12.6 Å². The molecule has 4 rings (SSSR count). The molecule has 0 aliphatic rings. The van der Waals surface area contributed by atoms with Gasteiger partial charge in [-0.3, -0.25) is 0 Å². The molecule has 0 radical (unpaired) electrons. The summed E-state index contributed by atoms with van der Waals surface area (Å²) in [5.74, 6) is 0. The van der Waals surface area contributed by atoms with Crippen LogP contribution in [0.1, 0.15) is 6.92 Å². The molecule has 0 aliphatic heterocycles. The molecular formula is C21H16N5+. The number of pyridine rings is 1. The molecule has 0 bridgehead atoms. The summed E-state index contributed by atoms with van der Waals surface area (Å²) in [7, 11) is 0. The maximum absolute atomic E-state index is 9.24. The fourth-order valence-corrected chi connectivity index (χ4v) is 3.56. The third-order valence-electron chi connectivity index (χ3n) is 4.68. The van der Waals surface area contributed by atoms with Gasteiger partial charge in [0.05, 0.1) is 10.8 Å². The first-order valence-corrected chi connectivity index (χ1v) is 8.45. The van der Waals surface area contributed by atoms with Crippen molar-refractivity contribution in [2.45, 2.75) is 13.5 Å². The van der Waals surface area contributed by atoms with E-state index in [9.17, 15) is 10.9 Å². The number of aryl methyl sites for hydroxylation is 1. The monoisotopic (exact) mass is 338 g/mol. The molecule has 0 amide bonds. The Morgan fingerprint density at radius 3 is 2.42 bits per heavy atom. The van der Waals surface area contributed by atoms with Gasteiger partial charge in [-0.25, -0.2) is 0 Å². The van der Waals surface area contributed by atoms with E-state index in [4.69, 9.17) is 0 Å². The van der Waals surface area contributed by atoms with E-state index in [1.807, 2.05) is 42.5 Å². The van der Waals surface area contributed by atoms with Gasteiger partial charge in [0.25, 0.3) is 0 Å². The molecule has 0 unspecified atom stereocenters. The van der Waals surface area contributed by atoms with Gasteiger partial charge in [-0.05, 0) is 37.3 Å². The summed E-state index contributed by atoms with van der Waals surface area (Å²) in [6.07, 6.45) is 0. The minimum atomic E-state index is 0.513. The molecule has 0 fully saturated rings. The topological polar surface area (TPSA) is 66.7 Å². The lowest BCUT2D eigenvalue weighted by molar-refractivity contribution is -0.655. The molecule has 0 saturated carbocycles. The van der Waals surface area contributed by atoms with Crippen molar-refractivity contribution in [1.82, 2.24) is 0 Å². The zero-order valence-corrected chi connectivity index (χ0v) is 14.3. The predicted molar refractivity (Wildman–Crippen MR) is 103 cm³/mol. The molecular weight excluding hydrogens is 322 g/mol. The number of nitrogens with zero attached hydrogens (tertiary/aromatic N) is 5. The highest BCUT2D eigenvalue weighted by Crippen LogP contribution is 2.34. The minimum Gasteiger partial charge on any atom is -0.706 e. The normalized spacial score (nSPS) is 10.8. The maximum Gasteiger partial charge on any atom is 0.391 e. The van der Waals surface area contributed by atoms with Gasteiger partial charge in [-0.15, -0.1) is 0 Å². The number of aromatic nitrogens is 1. The highest BCUT2D eigenvalue weighted by Gasteiger charge is 2.24. The summed E-state index contributed by atoms with van der Waals surface area (Å²) < 4.78 is 2.20. The van der Waals surface area contributed by atoms with Crippen LogP contribution in [-0.2, 0) is 6.54 Å². The van der Waals surface area contributed by atoms with Gasteiger partial charge < -0.3 is 10.6 Å². The molecule has 0 saturated heterocycles. The summed E-state index contributed by atoms with van der Waals surface area (Å²) in [6.45, 7) is 2.83. The Hall–Kier alpha value is -3.65. The van der Waals surface area contributed by atoms with E-state index in [1.165, 1.54) is 0 Å². The largest absolute Gasteiger partial charge is 0.706 e. The Morgan fingerprint density at radius 2 is 1.73 bits per heavy atom. The van der Waals surface area contributed by atoms with Crippen molar-refractivity contribution in [2.24, 2.45) is 5.11 Å². The van der Waals surface area contributed by atoms with Crippen molar-refractivity contribution in [3.63, 3.8) is 0 Å². The van der Waals surface area contributed by atoms with Gasteiger partial charge in [0, 0.05) is 22.7 Å². The van der Waals surface area contributed by atoms with Gasteiger partial charge >= 0.3 is 5.69 Å². The molecule has 0 atom stereocenters. The first-order chi connectivity index (χ1) is 12.8. The molecule has 4 aromatic rings. The lowest BCUT2D eigenvalue weighted by Crippen LogP contribution is -2.36. The minimum absolute atomic E-state index is 0.513. The van der Waals surface area contributed by atoms with Crippen LogP contribution in [0, 0.1) is 5.39 Å². The predicted octanol–water partition coefficient (Wildman–Crippen LogP) is 6.11. The van der Waals surface area contributed by atoms with E-state index < -0.39 is 0 Å². The second-order valence-electron chi connectivity index (χ2n) is 6.09. The van der Waals surface area contributed by atoms with Gasteiger partial charge in [-0.1, -0.05) is 24.3 Å². The number of benzene rings is 3. The lowest BCUT2D eigenvalue weighted by Gasteiger charge is -2.11. The van der Waals surface area contributed by atoms with Crippen molar-refractivity contribution in [1.29, 1.82) is 5.39 Å². The van der Waals surface area contributed by atoms with Crippen molar-refractivity contribution in [3.8, 4) is 11.3 Å². The van der Waals surface area contributed by atoms with Gasteiger partial charge in [0.15, 0.2) is 4.98 Å². The quantitative estimate of drug-likeness (QED) is 0.192. The fraction of sp³-hybridized carbons (Fsp3) is 0.0952. The Morgan fingerprint density at radius 1 is 0.962 bits per heavy atom. The highest BCUT2D eigenvalue weighted by atomic mass is 15.0. The molecule has 124 valence electrons. The second kappa shape index (κ2) is 6.34. The van der Waals surface area contributed by atoms with Crippen LogP contribution in [0.25, 0.3) is 43.4 Å². The summed E-state index contributed by atoms with van der Waals surface area (Å²) in [5, 5.41) is 15.7. The summed E-state index contributed by atoms with van der Waals surface area (Å²) in [5.41, 5.74) is 13.4. The number of rotatable bonds is 3. The van der Waals surface area contributed by atoms with E-state index >= 15 is 0 Å².